The normalized spacial score (nSPS) is 42.4. The van der Waals surface area contributed by atoms with Crippen LogP contribution in [0.25, 0.3) is 0 Å². The predicted octanol–water partition coefficient (Wildman–Crippen LogP) is 4.49. The van der Waals surface area contributed by atoms with Gasteiger partial charge in [0.15, 0.2) is 0 Å². The molecule has 2 saturated carbocycles. The molecule has 4 atom stereocenters. The summed E-state index contributed by atoms with van der Waals surface area (Å²) in [6, 6.07) is 0. The number of hydrogen-bond donors (Lipinski definition) is 0. The van der Waals surface area contributed by atoms with Crippen LogP contribution in [0.2, 0.25) is 0 Å². The van der Waals surface area contributed by atoms with E-state index in [-0.39, 0.29) is 5.92 Å². The third kappa shape index (κ3) is 2.70. The van der Waals surface area contributed by atoms with Crippen molar-refractivity contribution in [3.05, 3.63) is 0 Å². The number of rotatable bonds is 2. The van der Waals surface area contributed by atoms with Crippen LogP contribution in [-0.4, -0.2) is 6.43 Å². The molecule has 2 rings (SSSR count). The molecular formula is C13H22F2. The second-order valence-corrected chi connectivity index (χ2v) is 5.70. The highest BCUT2D eigenvalue weighted by atomic mass is 19.3. The summed E-state index contributed by atoms with van der Waals surface area (Å²) in [6.45, 7) is 2.30. The lowest BCUT2D eigenvalue weighted by Gasteiger charge is -2.32. The van der Waals surface area contributed by atoms with Gasteiger partial charge in [0.25, 0.3) is 0 Å². The van der Waals surface area contributed by atoms with Gasteiger partial charge >= 0.3 is 0 Å². The average Bonchev–Trinajstić information content (AvgIpc) is 2.65. The van der Waals surface area contributed by atoms with Crippen molar-refractivity contribution < 1.29 is 8.78 Å². The summed E-state index contributed by atoms with van der Waals surface area (Å²) in [6.07, 6.45) is 5.63. The summed E-state index contributed by atoms with van der Waals surface area (Å²) in [4.78, 5) is 0. The SMILES string of the molecule is CC1CCC(C2CCCC(C(F)F)C2)C1. The Bertz CT molecular complexity index is 203. The second kappa shape index (κ2) is 4.80. The van der Waals surface area contributed by atoms with Crippen LogP contribution in [-0.2, 0) is 0 Å². The minimum absolute atomic E-state index is 0.292. The first-order chi connectivity index (χ1) is 7.16. The van der Waals surface area contributed by atoms with Gasteiger partial charge in [-0.2, -0.15) is 0 Å². The topological polar surface area (TPSA) is 0 Å². The van der Waals surface area contributed by atoms with Crippen LogP contribution in [0, 0.1) is 23.7 Å². The van der Waals surface area contributed by atoms with Crippen LogP contribution in [0.5, 0.6) is 0 Å². The third-order valence-electron chi connectivity index (χ3n) is 4.51. The van der Waals surface area contributed by atoms with Gasteiger partial charge in [-0.05, 0) is 43.4 Å². The standard InChI is InChI=1S/C13H22F2/c1-9-5-6-11(7-9)10-3-2-4-12(8-10)13(14)15/h9-13H,2-8H2,1H3. The molecule has 0 aliphatic heterocycles. The van der Waals surface area contributed by atoms with Crippen molar-refractivity contribution in [2.24, 2.45) is 23.7 Å². The molecule has 2 fully saturated rings. The quantitative estimate of drug-likeness (QED) is 0.637. The Labute approximate surface area is 91.4 Å². The zero-order valence-corrected chi connectivity index (χ0v) is 9.59. The molecule has 0 N–H and O–H groups in total. The summed E-state index contributed by atoms with van der Waals surface area (Å²) in [7, 11) is 0. The van der Waals surface area contributed by atoms with E-state index in [4.69, 9.17) is 0 Å². The van der Waals surface area contributed by atoms with Crippen molar-refractivity contribution in [1.82, 2.24) is 0 Å². The Balaban J connectivity index is 1.87. The fourth-order valence-electron chi connectivity index (χ4n) is 3.60. The fraction of sp³-hybridized carbons (Fsp3) is 1.00. The van der Waals surface area contributed by atoms with Gasteiger partial charge in [0.1, 0.15) is 0 Å². The van der Waals surface area contributed by atoms with Crippen LogP contribution in [0.3, 0.4) is 0 Å². The minimum Gasteiger partial charge on any atom is -0.210 e. The molecule has 0 spiro atoms. The van der Waals surface area contributed by atoms with Crippen molar-refractivity contribution >= 4 is 0 Å². The molecule has 2 aliphatic carbocycles. The first-order valence-electron chi connectivity index (χ1n) is 6.45. The summed E-state index contributed by atoms with van der Waals surface area (Å²) >= 11 is 0. The Kier molecular flexibility index (Phi) is 3.63. The Morgan fingerprint density at radius 3 is 2.27 bits per heavy atom. The summed E-state index contributed by atoms with van der Waals surface area (Å²) in [5.41, 5.74) is 0. The monoisotopic (exact) mass is 216 g/mol. The second-order valence-electron chi connectivity index (χ2n) is 5.70. The highest BCUT2D eigenvalue weighted by molar-refractivity contribution is 4.84. The van der Waals surface area contributed by atoms with Crippen LogP contribution < -0.4 is 0 Å². The molecular weight excluding hydrogens is 194 g/mol. The van der Waals surface area contributed by atoms with E-state index in [1.54, 1.807) is 0 Å². The van der Waals surface area contributed by atoms with Crippen molar-refractivity contribution in [2.75, 3.05) is 0 Å². The smallest absolute Gasteiger partial charge is 0.210 e. The van der Waals surface area contributed by atoms with E-state index in [0.717, 1.165) is 31.1 Å². The van der Waals surface area contributed by atoms with E-state index >= 15 is 0 Å². The zero-order valence-electron chi connectivity index (χ0n) is 9.59. The van der Waals surface area contributed by atoms with Gasteiger partial charge in [0.05, 0.1) is 0 Å². The molecule has 0 aromatic heterocycles. The number of alkyl halides is 2. The van der Waals surface area contributed by atoms with E-state index in [2.05, 4.69) is 6.92 Å². The molecule has 0 aromatic rings. The average molecular weight is 216 g/mol. The van der Waals surface area contributed by atoms with Gasteiger partial charge in [-0.15, -0.1) is 0 Å². The van der Waals surface area contributed by atoms with Crippen molar-refractivity contribution in [2.45, 2.75) is 58.3 Å². The van der Waals surface area contributed by atoms with Crippen molar-refractivity contribution in [3.63, 3.8) is 0 Å². The molecule has 0 amide bonds. The van der Waals surface area contributed by atoms with Crippen molar-refractivity contribution in [3.8, 4) is 0 Å². The largest absolute Gasteiger partial charge is 0.241 e. The van der Waals surface area contributed by atoms with Gasteiger partial charge in [-0.25, -0.2) is 8.78 Å². The summed E-state index contributed by atoms with van der Waals surface area (Å²) in [5.74, 6) is 1.92. The summed E-state index contributed by atoms with van der Waals surface area (Å²) < 4.78 is 25.3. The van der Waals surface area contributed by atoms with Gasteiger partial charge in [0, 0.05) is 5.92 Å². The number of hydrogen-bond acceptors (Lipinski definition) is 0. The van der Waals surface area contributed by atoms with E-state index in [0.29, 0.717) is 5.92 Å². The molecule has 0 heterocycles. The first-order valence-corrected chi connectivity index (χ1v) is 6.45. The lowest BCUT2D eigenvalue weighted by Crippen LogP contribution is -2.25. The van der Waals surface area contributed by atoms with E-state index in [9.17, 15) is 8.78 Å². The lowest BCUT2D eigenvalue weighted by molar-refractivity contribution is 0.0320. The Morgan fingerprint density at radius 2 is 1.67 bits per heavy atom. The van der Waals surface area contributed by atoms with Crippen LogP contribution >= 0.6 is 0 Å². The molecule has 0 aromatic carbocycles. The molecule has 4 unspecified atom stereocenters. The van der Waals surface area contributed by atoms with Crippen LogP contribution in [0.15, 0.2) is 0 Å². The highest BCUT2D eigenvalue weighted by Gasteiger charge is 2.35. The van der Waals surface area contributed by atoms with Gasteiger partial charge in [0.2, 0.25) is 6.43 Å². The first kappa shape index (κ1) is 11.3. The zero-order chi connectivity index (χ0) is 10.8. The predicted molar refractivity (Wildman–Crippen MR) is 58.0 cm³/mol. The maximum absolute atomic E-state index is 12.7. The van der Waals surface area contributed by atoms with E-state index in [1.165, 1.54) is 25.7 Å². The molecule has 88 valence electrons. The maximum atomic E-state index is 12.7. The molecule has 2 heteroatoms. The molecule has 2 aliphatic rings. The highest BCUT2D eigenvalue weighted by Crippen LogP contribution is 2.44. The maximum Gasteiger partial charge on any atom is 0.241 e. The summed E-state index contributed by atoms with van der Waals surface area (Å²) in [5, 5.41) is 0. The molecule has 0 saturated heterocycles. The molecule has 15 heavy (non-hydrogen) atoms. The van der Waals surface area contributed by atoms with E-state index in [1.807, 2.05) is 0 Å². The lowest BCUT2D eigenvalue weighted by atomic mass is 9.74. The molecule has 0 nitrogen and oxygen atoms in total. The van der Waals surface area contributed by atoms with E-state index < -0.39 is 6.43 Å². The van der Waals surface area contributed by atoms with Crippen LogP contribution in [0.4, 0.5) is 8.78 Å². The third-order valence-corrected chi connectivity index (χ3v) is 4.51. The minimum atomic E-state index is -2.08. The van der Waals surface area contributed by atoms with Gasteiger partial charge < -0.3 is 0 Å². The Morgan fingerprint density at radius 1 is 0.933 bits per heavy atom. The molecule has 0 bridgehead atoms. The van der Waals surface area contributed by atoms with Gasteiger partial charge in [-0.1, -0.05) is 26.2 Å². The van der Waals surface area contributed by atoms with Crippen LogP contribution in [0.1, 0.15) is 51.9 Å². The fourth-order valence-corrected chi connectivity index (χ4v) is 3.60. The Hall–Kier alpha value is -0.140. The van der Waals surface area contributed by atoms with Gasteiger partial charge in [-0.3, -0.25) is 0 Å². The van der Waals surface area contributed by atoms with Crippen molar-refractivity contribution in [1.29, 1.82) is 0 Å². The molecule has 0 radical (unpaired) electrons. The number of halogens is 2.